The van der Waals surface area contributed by atoms with Crippen molar-refractivity contribution in [3.63, 3.8) is 0 Å². The molecule has 29 heavy (non-hydrogen) atoms. The summed E-state index contributed by atoms with van der Waals surface area (Å²) in [4.78, 5) is 16.4. The normalized spacial score (nSPS) is 23.6. The Morgan fingerprint density at radius 3 is 2.28 bits per heavy atom. The third-order valence-corrected chi connectivity index (χ3v) is 6.53. The van der Waals surface area contributed by atoms with E-state index in [4.69, 9.17) is 39.5 Å². The van der Waals surface area contributed by atoms with Gasteiger partial charge in [-0.25, -0.2) is 4.79 Å². The van der Waals surface area contributed by atoms with Crippen molar-refractivity contribution in [2.24, 2.45) is 0 Å². The Hall–Kier alpha value is -0.680. The molecule has 1 amide bonds. The van der Waals surface area contributed by atoms with Crippen molar-refractivity contribution in [1.82, 2.24) is 9.80 Å². The van der Waals surface area contributed by atoms with E-state index in [1.807, 2.05) is 0 Å². The second-order valence-corrected chi connectivity index (χ2v) is 10.9. The van der Waals surface area contributed by atoms with Gasteiger partial charge in [-0.15, -0.1) is 0 Å². The second-order valence-electron chi connectivity index (χ2n) is 8.36. The number of likely N-dealkylation sites (tertiary alicyclic amines) is 1. The van der Waals surface area contributed by atoms with Gasteiger partial charge in [0.1, 0.15) is 6.61 Å². The summed E-state index contributed by atoms with van der Waals surface area (Å²) in [5.41, 5.74) is 2.81. The molecule has 0 aromatic heterocycles. The lowest BCUT2D eigenvalue weighted by Crippen LogP contribution is -2.40. The number of alkyl halides is 3. The van der Waals surface area contributed by atoms with Crippen LogP contribution >= 0.6 is 34.8 Å². The first-order valence-corrected chi connectivity index (χ1v) is 11.7. The number of halogens is 3. The summed E-state index contributed by atoms with van der Waals surface area (Å²) in [6, 6.07) is 9.34. The summed E-state index contributed by atoms with van der Waals surface area (Å²) in [6.45, 7) is 3.28. The number of nitrogens with zero attached hydrogens (tertiary/aromatic N) is 2. The van der Waals surface area contributed by atoms with Gasteiger partial charge in [0.15, 0.2) is 0 Å². The quantitative estimate of drug-likeness (QED) is 0.494. The van der Waals surface area contributed by atoms with Crippen molar-refractivity contribution in [1.29, 1.82) is 0 Å². The number of hydrogen-bond donors (Lipinski definition) is 0. The highest BCUT2D eigenvalue weighted by Crippen LogP contribution is 2.35. The van der Waals surface area contributed by atoms with Crippen LogP contribution in [0.5, 0.6) is 0 Å². The van der Waals surface area contributed by atoms with Crippen LogP contribution in [0.25, 0.3) is 0 Å². The van der Waals surface area contributed by atoms with Crippen LogP contribution in [0.4, 0.5) is 4.79 Å². The average Bonchev–Trinajstić information content (AvgIpc) is 2.72. The van der Waals surface area contributed by atoms with Crippen molar-refractivity contribution >= 4 is 40.9 Å². The standard InChI is InChI=1S/C22H31Cl3N2O2/c1-26(21(28)29-16-22(23,24)25)20-11-9-19(10-12-20)18-7-5-17(6-8-18)15-27-13-3-2-4-14-27/h5-8,19-20H,2-4,9-16H2,1H3. The summed E-state index contributed by atoms with van der Waals surface area (Å²) in [6.07, 6.45) is 7.65. The number of carbonyl (C=O) groups is 1. The molecule has 0 atom stereocenters. The Kier molecular flexibility index (Phi) is 8.38. The van der Waals surface area contributed by atoms with Crippen LogP contribution in [0.2, 0.25) is 0 Å². The second kappa shape index (κ2) is 10.6. The van der Waals surface area contributed by atoms with Crippen LogP contribution in [-0.2, 0) is 11.3 Å². The van der Waals surface area contributed by atoms with Gasteiger partial charge in [0.2, 0.25) is 3.79 Å². The highest BCUT2D eigenvalue weighted by Gasteiger charge is 2.30. The molecule has 0 bridgehead atoms. The van der Waals surface area contributed by atoms with Crippen LogP contribution in [0.3, 0.4) is 0 Å². The van der Waals surface area contributed by atoms with Gasteiger partial charge >= 0.3 is 6.09 Å². The molecular weight excluding hydrogens is 431 g/mol. The maximum atomic E-state index is 12.2. The predicted molar refractivity (Wildman–Crippen MR) is 120 cm³/mol. The zero-order chi connectivity index (χ0) is 20.9. The van der Waals surface area contributed by atoms with Gasteiger partial charge in [-0.3, -0.25) is 4.90 Å². The van der Waals surface area contributed by atoms with Crippen LogP contribution in [0, 0.1) is 0 Å². The number of ether oxygens (including phenoxy) is 1. The Morgan fingerprint density at radius 2 is 1.69 bits per heavy atom. The lowest BCUT2D eigenvalue weighted by Gasteiger charge is -2.34. The van der Waals surface area contributed by atoms with Gasteiger partial charge in [-0.2, -0.15) is 0 Å². The zero-order valence-electron chi connectivity index (χ0n) is 17.1. The Balaban J connectivity index is 1.45. The molecule has 0 N–H and O–H groups in total. The molecular formula is C22H31Cl3N2O2. The van der Waals surface area contributed by atoms with E-state index in [-0.39, 0.29) is 12.6 Å². The first-order valence-electron chi connectivity index (χ1n) is 10.6. The van der Waals surface area contributed by atoms with Gasteiger partial charge < -0.3 is 9.64 Å². The number of piperidine rings is 1. The summed E-state index contributed by atoms with van der Waals surface area (Å²) < 4.78 is 3.52. The zero-order valence-corrected chi connectivity index (χ0v) is 19.4. The van der Waals surface area contributed by atoms with Gasteiger partial charge in [0, 0.05) is 19.6 Å². The molecule has 1 aromatic carbocycles. The van der Waals surface area contributed by atoms with Gasteiger partial charge in [-0.1, -0.05) is 65.5 Å². The van der Waals surface area contributed by atoms with Crippen molar-refractivity contribution in [3.05, 3.63) is 35.4 Å². The molecule has 2 fully saturated rings. The maximum absolute atomic E-state index is 12.2. The minimum atomic E-state index is -1.58. The van der Waals surface area contributed by atoms with E-state index < -0.39 is 9.89 Å². The smallest absolute Gasteiger partial charge is 0.409 e. The average molecular weight is 462 g/mol. The molecule has 0 spiro atoms. The van der Waals surface area contributed by atoms with E-state index in [0.29, 0.717) is 5.92 Å². The highest BCUT2D eigenvalue weighted by atomic mass is 35.6. The predicted octanol–water partition coefficient (Wildman–Crippen LogP) is 6.14. The summed E-state index contributed by atoms with van der Waals surface area (Å²) in [5.74, 6) is 0.556. The molecule has 0 radical (unpaired) electrons. The number of hydrogen-bond acceptors (Lipinski definition) is 3. The molecule has 1 saturated carbocycles. The fourth-order valence-electron chi connectivity index (χ4n) is 4.46. The molecule has 1 aromatic rings. The summed E-state index contributed by atoms with van der Waals surface area (Å²) in [5, 5.41) is 0. The van der Waals surface area contributed by atoms with Gasteiger partial charge in [0.05, 0.1) is 0 Å². The van der Waals surface area contributed by atoms with Gasteiger partial charge in [0.25, 0.3) is 0 Å². The largest absolute Gasteiger partial charge is 0.445 e. The first kappa shape index (κ1) is 23.0. The summed E-state index contributed by atoms with van der Waals surface area (Å²) >= 11 is 17.0. The van der Waals surface area contributed by atoms with E-state index in [0.717, 1.165) is 32.2 Å². The van der Waals surface area contributed by atoms with Crippen molar-refractivity contribution < 1.29 is 9.53 Å². The number of rotatable bonds is 5. The lowest BCUT2D eigenvalue weighted by molar-refractivity contribution is 0.0889. The van der Waals surface area contributed by atoms with E-state index in [9.17, 15) is 4.79 Å². The van der Waals surface area contributed by atoms with Crippen LogP contribution in [0.1, 0.15) is 62.0 Å². The molecule has 7 heteroatoms. The molecule has 4 nitrogen and oxygen atoms in total. The Morgan fingerprint density at radius 1 is 1.07 bits per heavy atom. The monoisotopic (exact) mass is 460 g/mol. The van der Waals surface area contributed by atoms with Crippen LogP contribution in [-0.4, -0.2) is 52.5 Å². The Bertz CT molecular complexity index is 649. The fraction of sp³-hybridized carbons (Fsp3) is 0.682. The van der Waals surface area contributed by atoms with Crippen molar-refractivity contribution in [2.75, 3.05) is 26.7 Å². The third kappa shape index (κ3) is 7.20. The molecule has 3 rings (SSSR count). The van der Waals surface area contributed by atoms with E-state index >= 15 is 0 Å². The van der Waals surface area contributed by atoms with E-state index in [1.165, 1.54) is 43.5 Å². The minimum Gasteiger partial charge on any atom is -0.445 e. The molecule has 0 unspecified atom stereocenters. The Labute approximate surface area is 189 Å². The molecule has 1 saturated heterocycles. The highest BCUT2D eigenvalue weighted by molar-refractivity contribution is 6.67. The van der Waals surface area contributed by atoms with Crippen molar-refractivity contribution in [2.45, 2.75) is 67.2 Å². The van der Waals surface area contributed by atoms with E-state index in [1.54, 1.807) is 11.9 Å². The maximum Gasteiger partial charge on any atom is 0.409 e. The number of carbonyl (C=O) groups excluding carboxylic acids is 1. The lowest BCUT2D eigenvalue weighted by atomic mass is 9.81. The minimum absolute atomic E-state index is 0.174. The van der Waals surface area contributed by atoms with Crippen LogP contribution in [0.15, 0.2) is 24.3 Å². The van der Waals surface area contributed by atoms with Crippen LogP contribution < -0.4 is 0 Å². The molecule has 1 aliphatic heterocycles. The SMILES string of the molecule is CN(C(=O)OCC(Cl)(Cl)Cl)C1CCC(c2ccc(CN3CCCCC3)cc2)CC1. The fourth-order valence-corrected chi connectivity index (χ4v) is 4.63. The topological polar surface area (TPSA) is 32.8 Å². The van der Waals surface area contributed by atoms with E-state index in [2.05, 4.69) is 29.2 Å². The van der Waals surface area contributed by atoms with Crippen molar-refractivity contribution in [3.8, 4) is 0 Å². The number of amides is 1. The molecule has 1 aliphatic carbocycles. The molecule has 162 valence electrons. The molecule has 1 heterocycles. The number of benzene rings is 1. The summed E-state index contributed by atoms with van der Waals surface area (Å²) in [7, 11) is 1.76. The molecule has 2 aliphatic rings. The third-order valence-electron chi connectivity index (χ3n) is 6.20. The van der Waals surface area contributed by atoms with Gasteiger partial charge in [-0.05, 0) is 68.7 Å². The first-order chi connectivity index (χ1) is 13.8.